The second-order valence-corrected chi connectivity index (χ2v) is 2.54. The van der Waals surface area contributed by atoms with Gasteiger partial charge < -0.3 is 14.4 Å². The van der Waals surface area contributed by atoms with Crippen molar-refractivity contribution in [3.8, 4) is 0 Å². The zero-order valence-corrected chi connectivity index (χ0v) is 7.07. The van der Waals surface area contributed by atoms with Crippen LogP contribution in [0.5, 0.6) is 0 Å². The summed E-state index contributed by atoms with van der Waals surface area (Å²) >= 11 is 0. The van der Waals surface area contributed by atoms with Crippen LogP contribution in [0.1, 0.15) is 16.1 Å². The Labute approximate surface area is 70.4 Å². The Balaban J connectivity index is 3.04. The first-order chi connectivity index (χ1) is 5.66. The van der Waals surface area contributed by atoms with Crippen LogP contribution in [0.15, 0.2) is 12.3 Å². The van der Waals surface area contributed by atoms with Gasteiger partial charge in [-0.05, 0) is 6.07 Å². The lowest BCUT2D eigenvalue weighted by molar-refractivity contribution is 0.0681. The number of ether oxygens (including phenoxy) is 1. The molecule has 0 saturated carbocycles. The maximum absolute atomic E-state index is 10.7. The van der Waals surface area contributed by atoms with E-state index in [0.29, 0.717) is 12.2 Å². The summed E-state index contributed by atoms with van der Waals surface area (Å²) in [6.07, 6.45) is 1.71. The maximum atomic E-state index is 10.7. The van der Waals surface area contributed by atoms with Gasteiger partial charge in [-0.25, -0.2) is 4.79 Å². The van der Waals surface area contributed by atoms with E-state index < -0.39 is 5.97 Å². The number of aromatic carboxylic acids is 1. The summed E-state index contributed by atoms with van der Waals surface area (Å²) < 4.78 is 6.42. The molecule has 1 N–H and O–H groups in total. The van der Waals surface area contributed by atoms with Crippen molar-refractivity contribution in [2.24, 2.45) is 7.05 Å². The van der Waals surface area contributed by atoms with Gasteiger partial charge in [-0.2, -0.15) is 0 Å². The Morgan fingerprint density at radius 2 is 2.42 bits per heavy atom. The van der Waals surface area contributed by atoms with Gasteiger partial charge in [0, 0.05) is 25.9 Å². The molecule has 0 unspecified atom stereocenters. The van der Waals surface area contributed by atoms with Crippen LogP contribution in [-0.2, 0) is 18.4 Å². The van der Waals surface area contributed by atoms with E-state index in [9.17, 15) is 4.79 Å². The van der Waals surface area contributed by atoms with Gasteiger partial charge in [-0.1, -0.05) is 0 Å². The minimum absolute atomic E-state index is 0.289. The molecule has 66 valence electrons. The molecule has 0 amide bonds. The number of aromatic nitrogens is 1. The molecule has 1 aromatic rings. The van der Waals surface area contributed by atoms with Crippen LogP contribution >= 0.6 is 0 Å². The molecule has 1 aromatic heterocycles. The molecule has 12 heavy (non-hydrogen) atoms. The molecule has 0 fully saturated rings. The molecule has 0 aliphatic carbocycles. The van der Waals surface area contributed by atoms with Gasteiger partial charge in [0.15, 0.2) is 0 Å². The first kappa shape index (κ1) is 8.80. The molecule has 1 heterocycles. The van der Waals surface area contributed by atoms with Gasteiger partial charge in [-0.3, -0.25) is 0 Å². The Kier molecular flexibility index (Phi) is 2.50. The predicted octanol–water partition coefficient (Wildman–Crippen LogP) is 0.870. The molecular weight excluding hydrogens is 158 g/mol. The molecule has 0 spiro atoms. The minimum atomic E-state index is -0.922. The fourth-order valence-electron chi connectivity index (χ4n) is 1.14. The molecule has 0 radical (unpaired) electrons. The molecule has 0 aromatic carbocycles. The highest BCUT2D eigenvalue weighted by molar-refractivity contribution is 5.87. The average molecular weight is 169 g/mol. The normalized spacial score (nSPS) is 10.2. The number of rotatable bonds is 3. The molecule has 4 nitrogen and oxygen atoms in total. The number of carboxylic acid groups (broad SMARTS) is 1. The van der Waals surface area contributed by atoms with E-state index in [0.717, 1.165) is 0 Å². The van der Waals surface area contributed by atoms with Gasteiger partial charge in [0.05, 0.1) is 6.61 Å². The number of carbonyl (C=O) groups is 1. The first-order valence-corrected chi connectivity index (χ1v) is 3.53. The van der Waals surface area contributed by atoms with E-state index in [2.05, 4.69) is 0 Å². The third-order valence-corrected chi connectivity index (χ3v) is 1.66. The van der Waals surface area contributed by atoms with Crippen molar-refractivity contribution in [1.29, 1.82) is 0 Å². The number of methoxy groups -OCH3 is 1. The number of nitrogens with zero attached hydrogens (tertiary/aromatic N) is 1. The summed E-state index contributed by atoms with van der Waals surface area (Å²) in [5.41, 5.74) is 0.990. The fraction of sp³-hybridized carbons (Fsp3) is 0.375. The second kappa shape index (κ2) is 3.40. The van der Waals surface area contributed by atoms with Crippen LogP contribution in [0.3, 0.4) is 0 Å². The van der Waals surface area contributed by atoms with Gasteiger partial charge in [0.25, 0.3) is 0 Å². The van der Waals surface area contributed by atoms with Crippen molar-refractivity contribution in [1.82, 2.24) is 4.57 Å². The first-order valence-electron chi connectivity index (χ1n) is 3.53. The zero-order valence-electron chi connectivity index (χ0n) is 7.07. The van der Waals surface area contributed by atoms with Gasteiger partial charge in [0.1, 0.15) is 5.69 Å². The van der Waals surface area contributed by atoms with Gasteiger partial charge in [0.2, 0.25) is 0 Å². The van der Waals surface area contributed by atoms with Crippen LogP contribution in [0.2, 0.25) is 0 Å². The van der Waals surface area contributed by atoms with E-state index >= 15 is 0 Å². The lowest BCUT2D eigenvalue weighted by Gasteiger charge is -2.00. The number of aryl methyl sites for hydroxylation is 1. The smallest absolute Gasteiger partial charge is 0.352 e. The molecule has 0 aliphatic heterocycles. The topological polar surface area (TPSA) is 51.5 Å². The fourth-order valence-corrected chi connectivity index (χ4v) is 1.14. The summed E-state index contributed by atoms with van der Waals surface area (Å²) in [6.45, 7) is 0.336. The van der Waals surface area contributed by atoms with Crippen LogP contribution < -0.4 is 0 Å². The van der Waals surface area contributed by atoms with Gasteiger partial charge in [-0.15, -0.1) is 0 Å². The quantitative estimate of drug-likeness (QED) is 0.730. The van der Waals surface area contributed by atoms with Crippen molar-refractivity contribution < 1.29 is 14.6 Å². The van der Waals surface area contributed by atoms with Crippen LogP contribution in [-0.4, -0.2) is 22.8 Å². The van der Waals surface area contributed by atoms with Crippen molar-refractivity contribution in [2.45, 2.75) is 6.61 Å². The van der Waals surface area contributed by atoms with Crippen LogP contribution in [0.4, 0.5) is 0 Å². The van der Waals surface area contributed by atoms with Crippen molar-refractivity contribution >= 4 is 5.97 Å². The standard InChI is InChI=1S/C8H11NO3/c1-9-4-3-6(5-12-2)7(9)8(10)11/h3-4H,5H2,1-2H3,(H,10,11). The molecule has 4 heteroatoms. The second-order valence-electron chi connectivity index (χ2n) is 2.54. The highest BCUT2D eigenvalue weighted by Gasteiger charge is 2.13. The lowest BCUT2D eigenvalue weighted by Crippen LogP contribution is -2.07. The molecular formula is C8H11NO3. The van der Waals surface area contributed by atoms with Gasteiger partial charge >= 0.3 is 5.97 Å². The number of hydrogen-bond donors (Lipinski definition) is 1. The monoisotopic (exact) mass is 169 g/mol. The molecule has 0 atom stereocenters. The van der Waals surface area contributed by atoms with E-state index in [4.69, 9.17) is 9.84 Å². The molecule has 0 saturated heterocycles. The highest BCUT2D eigenvalue weighted by Crippen LogP contribution is 2.10. The SMILES string of the molecule is COCc1ccn(C)c1C(=O)O. The third-order valence-electron chi connectivity index (χ3n) is 1.66. The summed E-state index contributed by atoms with van der Waals surface area (Å²) in [5, 5.41) is 8.79. The minimum Gasteiger partial charge on any atom is -0.477 e. The summed E-state index contributed by atoms with van der Waals surface area (Å²) in [5.74, 6) is -0.922. The predicted molar refractivity (Wildman–Crippen MR) is 43.1 cm³/mol. The van der Waals surface area contributed by atoms with Crippen molar-refractivity contribution in [3.63, 3.8) is 0 Å². The Bertz CT molecular complexity index is 290. The van der Waals surface area contributed by atoms with E-state index in [1.54, 1.807) is 31.0 Å². The highest BCUT2D eigenvalue weighted by atomic mass is 16.5. The summed E-state index contributed by atoms with van der Waals surface area (Å²) in [4.78, 5) is 10.7. The Hall–Kier alpha value is -1.29. The maximum Gasteiger partial charge on any atom is 0.352 e. The molecule has 0 aliphatic rings. The Morgan fingerprint density at radius 3 is 2.92 bits per heavy atom. The zero-order chi connectivity index (χ0) is 9.14. The molecule has 1 rings (SSSR count). The average Bonchev–Trinajstić information content (AvgIpc) is 2.32. The van der Waals surface area contributed by atoms with E-state index in [1.165, 1.54) is 0 Å². The molecule has 0 bridgehead atoms. The van der Waals surface area contributed by atoms with Crippen LogP contribution in [0.25, 0.3) is 0 Å². The number of hydrogen-bond acceptors (Lipinski definition) is 2. The third kappa shape index (κ3) is 1.48. The van der Waals surface area contributed by atoms with Crippen molar-refractivity contribution in [3.05, 3.63) is 23.5 Å². The van der Waals surface area contributed by atoms with Crippen LogP contribution in [0, 0.1) is 0 Å². The Morgan fingerprint density at radius 1 is 1.75 bits per heavy atom. The summed E-state index contributed by atoms with van der Waals surface area (Å²) in [6, 6.07) is 1.74. The largest absolute Gasteiger partial charge is 0.477 e. The van der Waals surface area contributed by atoms with E-state index in [1.807, 2.05) is 0 Å². The van der Waals surface area contributed by atoms with E-state index in [-0.39, 0.29) is 5.69 Å². The van der Waals surface area contributed by atoms with Crippen molar-refractivity contribution in [2.75, 3.05) is 7.11 Å². The lowest BCUT2D eigenvalue weighted by atomic mass is 10.2. The summed E-state index contributed by atoms with van der Waals surface area (Å²) in [7, 11) is 3.24. The number of carboxylic acids is 1.